The Balaban J connectivity index is 2.57. The molecule has 0 saturated carbocycles. The average Bonchev–Trinajstić information content (AvgIpc) is 2.35. The lowest BCUT2D eigenvalue weighted by molar-refractivity contribution is -0.138. The monoisotopic (exact) mass is 305 g/mol. The van der Waals surface area contributed by atoms with Gasteiger partial charge in [0.15, 0.2) is 0 Å². The minimum atomic E-state index is -4.76. The molecule has 0 amide bonds. The molecule has 0 spiro atoms. The van der Waals surface area contributed by atoms with Gasteiger partial charge in [0.25, 0.3) is 0 Å². The zero-order valence-electron chi connectivity index (χ0n) is 10.4. The number of hydrogen-bond donors (Lipinski definition) is 1. The predicted molar refractivity (Wildman–Crippen MR) is 63.8 cm³/mol. The van der Waals surface area contributed by atoms with Gasteiger partial charge >= 0.3 is 6.18 Å². The van der Waals surface area contributed by atoms with Crippen molar-refractivity contribution in [3.05, 3.63) is 70.5 Å². The van der Waals surface area contributed by atoms with E-state index >= 15 is 0 Å². The summed E-state index contributed by atoms with van der Waals surface area (Å²) in [6, 6.07) is 2.45. The van der Waals surface area contributed by atoms with Gasteiger partial charge in [-0.2, -0.15) is 13.2 Å². The minimum Gasteiger partial charge on any atom is -0.320 e. The number of alkyl halides is 3. The van der Waals surface area contributed by atoms with Crippen LogP contribution in [0, 0.1) is 17.5 Å². The molecule has 0 aliphatic heterocycles. The van der Waals surface area contributed by atoms with Crippen molar-refractivity contribution in [1.82, 2.24) is 0 Å². The van der Waals surface area contributed by atoms with Gasteiger partial charge in [0, 0.05) is 6.07 Å². The van der Waals surface area contributed by atoms with Crippen molar-refractivity contribution < 1.29 is 26.3 Å². The first kappa shape index (κ1) is 15.4. The highest BCUT2D eigenvalue weighted by Gasteiger charge is 2.35. The maximum absolute atomic E-state index is 13.2. The Bertz CT molecular complexity index is 645. The summed E-state index contributed by atoms with van der Waals surface area (Å²) in [7, 11) is 0. The Morgan fingerprint density at radius 2 is 1.38 bits per heavy atom. The van der Waals surface area contributed by atoms with Crippen molar-refractivity contribution in [3.8, 4) is 0 Å². The molecule has 0 heterocycles. The number of rotatable bonds is 2. The van der Waals surface area contributed by atoms with Crippen LogP contribution < -0.4 is 5.73 Å². The third-order valence-electron chi connectivity index (χ3n) is 2.90. The molecular formula is C14H9F6N. The van der Waals surface area contributed by atoms with Gasteiger partial charge in [0.1, 0.15) is 17.5 Å². The van der Waals surface area contributed by atoms with E-state index in [1.54, 1.807) is 0 Å². The molecule has 2 aromatic rings. The fourth-order valence-electron chi connectivity index (χ4n) is 1.98. The van der Waals surface area contributed by atoms with Crippen LogP contribution in [-0.2, 0) is 6.18 Å². The predicted octanol–water partition coefficient (Wildman–Crippen LogP) is 4.17. The van der Waals surface area contributed by atoms with Gasteiger partial charge in [-0.05, 0) is 41.5 Å². The van der Waals surface area contributed by atoms with E-state index in [4.69, 9.17) is 5.73 Å². The molecule has 0 aliphatic rings. The third-order valence-corrected chi connectivity index (χ3v) is 2.90. The summed E-state index contributed by atoms with van der Waals surface area (Å²) < 4.78 is 78.1. The number of nitrogens with two attached hydrogens (primary N) is 1. The summed E-state index contributed by atoms with van der Waals surface area (Å²) >= 11 is 0. The van der Waals surface area contributed by atoms with Crippen LogP contribution in [0.5, 0.6) is 0 Å². The van der Waals surface area contributed by atoms with Gasteiger partial charge in [0.05, 0.1) is 11.6 Å². The van der Waals surface area contributed by atoms with Crippen LogP contribution in [0.1, 0.15) is 22.7 Å². The largest absolute Gasteiger partial charge is 0.416 e. The van der Waals surface area contributed by atoms with E-state index in [0.29, 0.717) is 24.3 Å². The summed E-state index contributed by atoms with van der Waals surface area (Å²) in [5.41, 5.74) is 3.66. The second-order valence-corrected chi connectivity index (χ2v) is 4.41. The Morgan fingerprint density at radius 3 is 1.90 bits per heavy atom. The topological polar surface area (TPSA) is 26.0 Å². The summed E-state index contributed by atoms with van der Waals surface area (Å²) in [5, 5.41) is 0. The lowest BCUT2D eigenvalue weighted by Crippen LogP contribution is -2.19. The van der Waals surface area contributed by atoms with Crippen LogP contribution >= 0.6 is 0 Å². The number of hydrogen-bond acceptors (Lipinski definition) is 1. The first-order valence-electron chi connectivity index (χ1n) is 5.76. The molecule has 1 atom stereocenters. The fraction of sp³-hybridized carbons (Fsp3) is 0.143. The fourth-order valence-corrected chi connectivity index (χ4v) is 1.98. The van der Waals surface area contributed by atoms with Crippen LogP contribution in [0.15, 0.2) is 36.4 Å². The van der Waals surface area contributed by atoms with Gasteiger partial charge < -0.3 is 5.73 Å². The number of benzene rings is 2. The molecule has 2 rings (SSSR count). The molecule has 112 valence electrons. The van der Waals surface area contributed by atoms with Crippen molar-refractivity contribution in [1.29, 1.82) is 0 Å². The summed E-state index contributed by atoms with van der Waals surface area (Å²) in [5.74, 6) is -2.89. The summed E-state index contributed by atoms with van der Waals surface area (Å²) in [6.07, 6.45) is -4.76. The van der Waals surface area contributed by atoms with Gasteiger partial charge in [-0.25, -0.2) is 13.2 Å². The molecule has 21 heavy (non-hydrogen) atoms. The third kappa shape index (κ3) is 3.36. The zero-order valence-corrected chi connectivity index (χ0v) is 10.4. The van der Waals surface area contributed by atoms with E-state index in [2.05, 4.69) is 0 Å². The second kappa shape index (κ2) is 5.40. The highest BCUT2D eigenvalue weighted by molar-refractivity contribution is 5.39. The second-order valence-electron chi connectivity index (χ2n) is 4.41. The molecule has 0 bridgehead atoms. The van der Waals surface area contributed by atoms with E-state index in [0.717, 1.165) is 12.1 Å². The molecule has 2 aromatic carbocycles. The molecule has 0 aliphatic carbocycles. The maximum atomic E-state index is 13.2. The van der Waals surface area contributed by atoms with Crippen LogP contribution in [0.4, 0.5) is 26.3 Å². The minimum absolute atomic E-state index is 0.219. The van der Waals surface area contributed by atoms with Gasteiger partial charge in [0.2, 0.25) is 0 Å². The average molecular weight is 305 g/mol. The van der Waals surface area contributed by atoms with E-state index in [1.165, 1.54) is 0 Å². The Labute approximate surface area is 116 Å². The van der Waals surface area contributed by atoms with Crippen molar-refractivity contribution in [2.24, 2.45) is 5.73 Å². The lowest BCUT2D eigenvalue weighted by Gasteiger charge is -2.19. The van der Waals surface area contributed by atoms with Crippen molar-refractivity contribution >= 4 is 0 Å². The molecule has 0 radical (unpaired) electrons. The molecule has 1 unspecified atom stereocenters. The molecule has 0 fully saturated rings. The highest BCUT2D eigenvalue weighted by Crippen LogP contribution is 2.36. The molecule has 1 nitrogen and oxygen atoms in total. The molecule has 0 aromatic heterocycles. The SMILES string of the molecule is NC(c1cc(F)cc(F)c1)c1cc(F)ccc1C(F)(F)F. The van der Waals surface area contributed by atoms with Crippen molar-refractivity contribution in [2.45, 2.75) is 12.2 Å². The first-order valence-corrected chi connectivity index (χ1v) is 5.76. The van der Waals surface area contributed by atoms with Crippen molar-refractivity contribution in [3.63, 3.8) is 0 Å². The summed E-state index contributed by atoms with van der Waals surface area (Å²) in [6.45, 7) is 0. The Morgan fingerprint density at radius 1 is 0.810 bits per heavy atom. The number of halogens is 6. The van der Waals surface area contributed by atoms with E-state index in [-0.39, 0.29) is 5.56 Å². The first-order chi connectivity index (χ1) is 9.68. The molecule has 2 N–H and O–H groups in total. The van der Waals surface area contributed by atoms with Gasteiger partial charge in [-0.1, -0.05) is 0 Å². The molecular weight excluding hydrogens is 296 g/mol. The summed E-state index contributed by atoms with van der Waals surface area (Å²) in [4.78, 5) is 0. The standard InChI is InChI=1S/C14H9F6N/c15-8-1-2-12(14(18,19)20)11(6-8)13(21)7-3-9(16)5-10(17)4-7/h1-6,13H,21H2. The Hall–Kier alpha value is -2.02. The van der Waals surface area contributed by atoms with Crippen molar-refractivity contribution in [2.75, 3.05) is 0 Å². The molecule has 0 saturated heterocycles. The normalized spacial score (nSPS) is 13.3. The van der Waals surface area contributed by atoms with E-state index < -0.39 is 40.8 Å². The van der Waals surface area contributed by atoms with Gasteiger partial charge in [-0.15, -0.1) is 0 Å². The van der Waals surface area contributed by atoms with Crippen LogP contribution in [0.3, 0.4) is 0 Å². The maximum Gasteiger partial charge on any atom is 0.416 e. The quantitative estimate of drug-likeness (QED) is 0.828. The Kier molecular flexibility index (Phi) is 3.95. The van der Waals surface area contributed by atoms with Gasteiger partial charge in [-0.3, -0.25) is 0 Å². The zero-order chi connectivity index (χ0) is 15.8. The smallest absolute Gasteiger partial charge is 0.320 e. The van der Waals surface area contributed by atoms with E-state index in [9.17, 15) is 26.3 Å². The van der Waals surface area contributed by atoms with Crippen LogP contribution in [-0.4, -0.2) is 0 Å². The lowest BCUT2D eigenvalue weighted by atomic mass is 9.94. The highest BCUT2D eigenvalue weighted by atomic mass is 19.4. The van der Waals surface area contributed by atoms with Crippen LogP contribution in [0.2, 0.25) is 0 Å². The van der Waals surface area contributed by atoms with E-state index in [1.807, 2.05) is 0 Å². The molecule has 7 heteroatoms. The van der Waals surface area contributed by atoms with Crippen LogP contribution in [0.25, 0.3) is 0 Å².